The average molecular weight is 352 g/mol. The van der Waals surface area contributed by atoms with Gasteiger partial charge in [-0.25, -0.2) is 5.01 Å². The molecule has 1 heterocycles. The van der Waals surface area contributed by atoms with E-state index in [1.54, 1.807) is 24.3 Å². The van der Waals surface area contributed by atoms with Gasteiger partial charge in [0.15, 0.2) is 0 Å². The minimum absolute atomic E-state index is 0.0219. The van der Waals surface area contributed by atoms with Crippen LogP contribution in [0.25, 0.3) is 0 Å². The molecule has 1 N–H and O–H groups in total. The molecule has 0 saturated heterocycles. The third kappa shape index (κ3) is 4.55. The Morgan fingerprint density at radius 3 is 2.58 bits per heavy atom. The molecule has 0 spiro atoms. The number of benzene rings is 1. The average Bonchev–Trinajstić information content (AvgIpc) is 2.57. The predicted octanol–water partition coefficient (Wildman–Crippen LogP) is 1.67. The van der Waals surface area contributed by atoms with Gasteiger partial charge in [-0.3, -0.25) is 14.4 Å². The molecular formula is C16H18ClN3O4. The van der Waals surface area contributed by atoms with E-state index in [1.807, 2.05) is 0 Å². The molecule has 1 aromatic carbocycles. The van der Waals surface area contributed by atoms with Crippen LogP contribution < -0.4 is 5.32 Å². The summed E-state index contributed by atoms with van der Waals surface area (Å²) in [6.07, 6.45) is 0.470. The number of esters is 1. The fourth-order valence-electron chi connectivity index (χ4n) is 2.27. The number of nitrogens with zero attached hydrogens (tertiary/aromatic N) is 2. The van der Waals surface area contributed by atoms with E-state index >= 15 is 0 Å². The lowest BCUT2D eigenvalue weighted by molar-refractivity contribution is -0.141. The van der Waals surface area contributed by atoms with Gasteiger partial charge in [0.2, 0.25) is 5.91 Å². The number of carbonyl (C=O) groups is 3. The first kappa shape index (κ1) is 17.9. The highest BCUT2D eigenvalue weighted by Crippen LogP contribution is 2.20. The maximum atomic E-state index is 12.4. The Balaban J connectivity index is 2.17. The van der Waals surface area contributed by atoms with E-state index in [-0.39, 0.29) is 30.9 Å². The maximum absolute atomic E-state index is 12.4. The summed E-state index contributed by atoms with van der Waals surface area (Å²) in [6, 6.07) is 6.24. The van der Waals surface area contributed by atoms with Crippen LogP contribution in [0, 0.1) is 0 Å². The zero-order valence-electron chi connectivity index (χ0n) is 13.4. The van der Waals surface area contributed by atoms with E-state index in [9.17, 15) is 14.4 Å². The summed E-state index contributed by atoms with van der Waals surface area (Å²) in [4.78, 5) is 35.5. The number of ether oxygens (including phenoxy) is 1. The molecule has 2 rings (SSSR count). The molecule has 0 bridgehead atoms. The minimum Gasteiger partial charge on any atom is -0.469 e. The molecule has 2 amide bonds. The fourth-order valence-corrected chi connectivity index (χ4v) is 2.40. The van der Waals surface area contributed by atoms with Crippen LogP contribution in [0.15, 0.2) is 29.4 Å². The first-order chi connectivity index (χ1) is 11.4. The molecule has 1 aliphatic rings. The van der Waals surface area contributed by atoms with Crippen molar-refractivity contribution in [1.82, 2.24) is 10.3 Å². The van der Waals surface area contributed by atoms with Gasteiger partial charge in [0.05, 0.1) is 19.6 Å². The Morgan fingerprint density at radius 2 is 2.00 bits per heavy atom. The normalized spacial score (nSPS) is 15.5. The van der Waals surface area contributed by atoms with Crippen LogP contribution in [-0.4, -0.2) is 42.7 Å². The molecule has 7 nitrogen and oxygen atoms in total. The van der Waals surface area contributed by atoms with Crippen LogP contribution in [0.1, 0.15) is 30.9 Å². The molecule has 24 heavy (non-hydrogen) atoms. The zero-order chi connectivity index (χ0) is 17.7. The van der Waals surface area contributed by atoms with E-state index in [2.05, 4.69) is 15.2 Å². The second-order valence-corrected chi connectivity index (χ2v) is 5.76. The van der Waals surface area contributed by atoms with Gasteiger partial charge in [-0.2, -0.15) is 5.10 Å². The number of rotatable bonds is 5. The molecule has 0 fully saturated rings. The van der Waals surface area contributed by atoms with Crippen LogP contribution in [0.5, 0.6) is 0 Å². The molecule has 8 heteroatoms. The number of hydrogen-bond donors (Lipinski definition) is 1. The van der Waals surface area contributed by atoms with Crippen LogP contribution in [0.4, 0.5) is 0 Å². The molecule has 1 atom stereocenters. The van der Waals surface area contributed by atoms with Crippen LogP contribution >= 0.6 is 11.6 Å². The lowest BCUT2D eigenvalue weighted by Crippen LogP contribution is -2.39. The van der Waals surface area contributed by atoms with Crippen molar-refractivity contribution < 1.29 is 19.1 Å². The van der Waals surface area contributed by atoms with E-state index in [0.717, 1.165) is 10.6 Å². The summed E-state index contributed by atoms with van der Waals surface area (Å²) in [7, 11) is 2.79. The Kier molecular flexibility index (Phi) is 5.92. The molecule has 0 aliphatic carbocycles. The number of nitrogens with one attached hydrogen (secondary N) is 1. The monoisotopic (exact) mass is 351 g/mol. The Bertz CT molecular complexity index is 672. The van der Waals surface area contributed by atoms with E-state index in [4.69, 9.17) is 11.6 Å². The van der Waals surface area contributed by atoms with Crippen LogP contribution in [-0.2, 0) is 19.1 Å². The third-order valence-electron chi connectivity index (χ3n) is 3.65. The standard InChI is InChI=1S/C16H18ClN3O4/c1-20-14(21)8-7-12(19-20)16(23)18-13(9-15(22)24-2)10-3-5-11(17)6-4-10/h3-6,13H,7-9H2,1-2H3,(H,18,23). The molecule has 1 aliphatic heterocycles. The lowest BCUT2D eigenvalue weighted by Gasteiger charge is -2.22. The van der Waals surface area contributed by atoms with Gasteiger partial charge in [0.25, 0.3) is 5.91 Å². The van der Waals surface area contributed by atoms with Gasteiger partial charge >= 0.3 is 5.97 Å². The van der Waals surface area contributed by atoms with Gasteiger partial charge in [0, 0.05) is 24.9 Å². The van der Waals surface area contributed by atoms with Crippen LogP contribution in [0.3, 0.4) is 0 Å². The predicted molar refractivity (Wildman–Crippen MR) is 88.4 cm³/mol. The second-order valence-electron chi connectivity index (χ2n) is 5.32. The van der Waals surface area contributed by atoms with Crippen LogP contribution in [0.2, 0.25) is 5.02 Å². The van der Waals surface area contributed by atoms with Gasteiger partial charge in [-0.1, -0.05) is 23.7 Å². The van der Waals surface area contributed by atoms with Gasteiger partial charge in [-0.15, -0.1) is 0 Å². The number of methoxy groups -OCH3 is 1. The minimum atomic E-state index is -0.576. The third-order valence-corrected chi connectivity index (χ3v) is 3.90. The number of amides is 2. The molecule has 1 unspecified atom stereocenters. The summed E-state index contributed by atoms with van der Waals surface area (Å²) < 4.78 is 4.68. The highest BCUT2D eigenvalue weighted by Gasteiger charge is 2.25. The molecule has 0 radical (unpaired) electrons. The molecule has 128 valence electrons. The van der Waals surface area contributed by atoms with Crippen molar-refractivity contribution in [2.75, 3.05) is 14.2 Å². The van der Waals surface area contributed by atoms with Crippen molar-refractivity contribution in [3.8, 4) is 0 Å². The molecule has 0 aromatic heterocycles. The van der Waals surface area contributed by atoms with E-state index in [0.29, 0.717) is 5.02 Å². The Morgan fingerprint density at radius 1 is 1.33 bits per heavy atom. The van der Waals surface area contributed by atoms with E-state index in [1.165, 1.54) is 14.2 Å². The summed E-state index contributed by atoms with van der Waals surface area (Å²) >= 11 is 5.87. The number of hydrazone groups is 1. The first-order valence-corrected chi connectivity index (χ1v) is 7.75. The SMILES string of the molecule is COC(=O)CC(NC(=O)C1=NN(C)C(=O)CC1)c1ccc(Cl)cc1. The lowest BCUT2D eigenvalue weighted by atomic mass is 10.0. The first-order valence-electron chi connectivity index (χ1n) is 7.38. The van der Waals surface area contributed by atoms with Gasteiger partial charge in [-0.05, 0) is 17.7 Å². The summed E-state index contributed by atoms with van der Waals surface area (Å²) in [5.74, 6) is -1.01. The number of halogens is 1. The van der Waals surface area contributed by atoms with Crippen molar-refractivity contribution >= 4 is 35.1 Å². The van der Waals surface area contributed by atoms with Gasteiger partial charge < -0.3 is 10.1 Å². The highest BCUT2D eigenvalue weighted by atomic mass is 35.5. The quantitative estimate of drug-likeness (QED) is 0.817. The molecule has 1 aromatic rings. The summed E-state index contributed by atoms with van der Waals surface area (Å²) in [5, 5.41) is 8.45. The smallest absolute Gasteiger partial charge is 0.307 e. The summed E-state index contributed by atoms with van der Waals surface area (Å²) in [5.41, 5.74) is 0.972. The fraction of sp³-hybridized carbons (Fsp3) is 0.375. The second kappa shape index (κ2) is 7.92. The topological polar surface area (TPSA) is 88.1 Å². The molecule has 0 saturated carbocycles. The van der Waals surface area contributed by atoms with Gasteiger partial charge in [0.1, 0.15) is 5.71 Å². The van der Waals surface area contributed by atoms with Crippen molar-refractivity contribution in [2.24, 2.45) is 5.10 Å². The van der Waals surface area contributed by atoms with Crippen molar-refractivity contribution in [3.63, 3.8) is 0 Å². The summed E-state index contributed by atoms with van der Waals surface area (Å²) in [6.45, 7) is 0. The zero-order valence-corrected chi connectivity index (χ0v) is 14.2. The highest BCUT2D eigenvalue weighted by molar-refractivity contribution is 6.39. The van der Waals surface area contributed by atoms with E-state index < -0.39 is 17.9 Å². The Hall–Kier alpha value is -2.41. The van der Waals surface area contributed by atoms with Crippen molar-refractivity contribution in [3.05, 3.63) is 34.9 Å². The Labute approximate surface area is 144 Å². The maximum Gasteiger partial charge on any atom is 0.307 e. The largest absolute Gasteiger partial charge is 0.469 e. The molecular weight excluding hydrogens is 334 g/mol. The number of carbonyl (C=O) groups excluding carboxylic acids is 3. The van der Waals surface area contributed by atoms with Crippen molar-refractivity contribution in [2.45, 2.75) is 25.3 Å². The van der Waals surface area contributed by atoms with Crippen molar-refractivity contribution in [1.29, 1.82) is 0 Å². The number of hydrogen-bond acceptors (Lipinski definition) is 5.